The zero-order valence-electron chi connectivity index (χ0n) is 22.0. The van der Waals surface area contributed by atoms with Gasteiger partial charge in [-0.2, -0.15) is 0 Å². The zero-order valence-corrected chi connectivity index (χ0v) is 25.1. The Hall–Kier alpha value is -2.64. The van der Waals surface area contributed by atoms with E-state index in [1.54, 1.807) is 4.90 Å². The van der Waals surface area contributed by atoms with Crippen LogP contribution in [0, 0.1) is 13.8 Å². The Morgan fingerprint density at radius 1 is 0.919 bits per heavy atom. The molecule has 3 rings (SSSR count). The number of hydrogen-bond acceptors (Lipinski definition) is 3. The van der Waals surface area contributed by atoms with Crippen LogP contribution >= 0.6 is 31.9 Å². The number of carbonyl (C=O) groups is 2. The number of nitrogens with zero attached hydrogens (tertiary/aromatic N) is 1. The van der Waals surface area contributed by atoms with Gasteiger partial charge in [0.2, 0.25) is 5.91 Å². The number of nitrogens with one attached hydrogen (secondary N) is 1. The summed E-state index contributed by atoms with van der Waals surface area (Å²) in [4.78, 5) is 29.0. The Morgan fingerprint density at radius 2 is 1.54 bits per heavy atom. The molecule has 0 spiro atoms. The van der Waals surface area contributed by atoms with Crippen LogP contribution in [0.5, 0.6) is 5.75 Å². The van der Waals surface area contributed by atoms with Crippen molar-refractivity contribution in [3.63, 3.8) is 0 Å². The van der Waals surface area contributed by atoms with Gasteiger partial charge < -0.3 is 15.0 Å². The highest BCUT2D eigenvalue weighted by atomic mass is 79.9. The lowest BCUT2D eigenvalue weighted by Crippen LogP contribution is -2.55. The number of halogens is 2. The molecule has 0 radical (unpaired) electrons. The van der Waals surface area contributed by atoms with Crippen LogP contribution in [-0.2, 0) is 22.6 Å². The normalized spacial score (nSPS) is 12.1. The van der Waals surface area contributed by atoms with Gasteiger partial charge in [0.05, 0.1) is 0 Å². The first-order valence-electron chi connectivity index (χ1n) is 12.2. The molecular formula is C30H34Br2N2O3. The molecule has 5 nitrogen and oxygen atoms in total. The third-order valence-corrected chi connectivity index (χ3v) is 7.53. The van der Waals surface area contributed by atoms with E-state index in [-0.39, 0.29) is 25.0 Å². The van der Waals surface area contributed by atoms with Crippen LogP contribution in [0.25, 0.3) is 0 Å². The van der Waals surface area contributed by atoms with Crippen molar-refractivity contribution in [3.8, 4) is 5.75 Å². The third-order valence-electron chi connectivity index (χ3n) is 5.78. The summed E-state index contributed by atoms with van der Waals surface area (Å²) in [7, 11) is 0. The molecule has 196 valence electrons. The van der Waals surface area contributed by atoms with E-state index in [9.17, 15) is 9.59 Å². The third kappa shape index (κ3) is 8.71. The summed E-state index contributed by atoms with van der Waals surface area (Å²) in [5, 5.41) is 3.08. The predicted molar refractivity (Wildman–Crippen MR) is 156 cm³/mol. The molecule has 1 N–H and O–H groups in total. The van der Waals surface area contributed by atoms with Gasteiger partial charge in [-0.1, -0.05) is 74.3 Å². The topological polar surface area (TPSA) is 58.6 Å². The summed E-state index contributed by atoms with van der Waals surface area (Å²) in [6.45, 7) is 9.87. The monoisotopic (exact) mass is 628 g/mol. The molecule has 0 fully saturated rings. The summed E-state index contributed by atoms with van der Waals surface area (Å²) >= 11 is 7.09. The van der Waals surface area contributed by atoms with Gasteiger partial charge in [0, 0.05) is 27.4 Å². The number of aryl methyl sites for hydroxylation is 2. The minimum absolute atomic E-state index is 0.178. The van der Waals surface area contributed by atoms with Crippen LogP contribution < -0.4 is 10.1 Å². The van der Waals surface area contributed by atoms with Crippen molar-refractivity contribution >= 4 is 43.7 Å². The fourth-order valence-electron chi connectivity index (χ4n) is 4.06. The van der Waals surface area contributed by atoms with Crippen molar-refractivity contribution in [3.05, 3.63) is 97.9 Å². The lowest BCUT2D eigenvalue weighted by atomic mass is 10.0. The molecule has 0 saturated carbocycles. The van der Waals surface area contributed by atoms with Crippen molar-refractivity contribution < 1.29 is 14.3 Å². The first kappa shape index (κ1) is 28.9. The van der Waals surface area contributed by atoms with E-state index in [2.05, 4.69) is 37.2 Å². The van der Waals surface area contributed by atoms with Crippen molar-refractivity contribution in [2.24, 2.45) is 0 Å². The van der Waals surface area contributed by atoms with Gasteiger partial charge in [0.25, 0.3) is 5.91 Å². The molecule has 0 bridgehead atoms. The molecule has 0 unspecified atom stereocenters. The molecule has 0 heterocycles. The second kappa shape index (κ2) is 12.7. The summed E-state index contributed by atoms with van der Waals surface area (Å²) in [6.07, 6.45) is 0.388. The summed E-state index contributed by atoms with van der Waals surface area (Å²) < 4.78 is 7.88. The van der Waals surface area contributed by atoms with Crippen LogP contribution in [0.1, 0.15) is 43.0 Å². The highest BCUT2D eigenvalue weighted by molar-refractivity contribution is 9.10. The Balaban J connectivity index is 1.94. The van der Waals surface area contributed by atoms with E-state index < -0.39 is 11.6 Å². The Kier molecular flexibility index (Phi) is 9.96. The number of amides is 2. The molecule has 3 aromatic rings. The zero-order chi connectivity index (χ0) is 27.2. The van der Waals surface area contributed by atoms with E-state index in [4.69, 9.17) is 4.74 Å². The van der Waals surface area contributed by atoms with Gasteiger partial charge in [-0.05, 0) is 81.1 Å². The molecule has 0 aliphatic carbocycles. The molecule has 7 heteroatoms. The molecular weight excluding hydrogens is 596 g/mol. The number of ether oxygens (including phenoxy) is 1. The van der Waals surface area contributed by atoms with E-state index >= 15 is 0 Å². The molecule has 3 aromatic carbocycles. The van der Waals surface area contributed by atoms with Crippen molar-refractivity contribution in [2.75, 3.05) is 6.61 Å². The van der Waals surface area contributed by atoms with Crippen LogP contribution in [0.2, 0.25) is 0 Å². The fraction of sp³-hybridized carbons (Fsp3) is 0.333. The second-order valence-corrected chi connectivity index (χ2v) is 12.0. The lowest BCUT2D eigenvalue weighted by molar-refractivity contribution is -0.143. The number of benzene rings is 3. The van der Waals surface area contributed by atoms with E-state index in [1.807, 2.05) is 101 Å². The Labute approximate surface area is 236 Å². The molecule has 37 heavy (non-hydrogen) atoms. The first-order chi connectivity index (χ1) is 17.4. The average molecular weight is 630 g/mol. The number of rotatable bonds is 9. The standard InChI is InChI=1S/C30H34Br2N2O3/c1-20-14-25(15-21(2)28(20)32)37-19-27(35)34(18-23-12-9-13-24(31)16-23)26(29(36)33-30(3,4)5)17-22-10-7-6-8-11-22/h6-16,26H,17-19H2,1-5H3,(H,33,36)/t26-/m0/s1. The fourth-order valence-corrected chi connectivity index (χ4v) is 4.73. The highest BCUT2D eigenvalue weighted by Crippen LogP contribution is 2.26. The van der Waals surface area contributed by atoms with Crippen LogP contribution in [-0.4, -0.2) is 34.9 Å². The summed E-state index contributed by atoms with van der Waals surface area (Å²) in [6, 6.07) is 20.6. The number of carbonyl (C=O) groups excluding carboxylic acids is 2. The minimum Gasteiger partial charge on any atom is -0.484 e. The summed E-state index contributed by atoms with van der Waals surface area (Å²) in [5.74, 6) is 0.158. The maximum atomic E-state index is 13.7. The Morgan fingerprint density at radius 3 is 2.14 bits per heavy atom. The molecule has 0 aromatic heterocycles. The van der Waals surface area contributed by atoms with E-state index in [1.165, 1.54) is 0 Å². The summed E-state index contributed by atoms with van der Waals surface area (Å²) in [5.41, 5.74) is 3.50. The van der Waals surface area contributed by atoms with Gasteiger partial charge >= 0.3 is 0 Å². The van der Waals surface area contributed by atoms with Crippen molar-refractivity contribution in [1.29, 1.82) is 0 Å². The van der Waals surface area contributed by atoms with Gasteiger partial charge in [0.1, 0.15) is 11.8 Å². The van der Waals surface area contributed by atoms with E-state index in [0.717, 1.165) is 31.2 Å². The Bertz CT molecular complexity index is 1220. The van der Waals surface area contributed by atoms with Crippen molar-refractivity contribution in [2.45, 2.75) is 59.2 Å². The van der Waals surface area contributed by atoms with Gasteiger partial charge in [-0.25, -0.2) is 0 Å². The molecule has 1 atom stereocenters. The van der Waals surface area contributed by atoms with Gasteiger partial charge in [-0.3, -0.25) is 9.59 Å². The van der Waals surface area contributed by atoms with Crippen LogP contribution in [0.3, 0.4) is 0 Å². The SMILES string of the molecule is Cc1cc(OCC(=O)N(Cc2cccc(Br)c2)[C@@H](Cc2ccccc2)C(=O)NC(C)(C)C)cc(C)c1Br. The van der Waals surface area contributed by atoms with E-state index in [0.29, 0.717) is 12.2 Å². The lowest BCUT2D eigenvalue weighted by Gasteiger charge is -2.33. The quantitative estimate of drug-likeness (QED) is 0.284. The number of hydrogen-bond donors (Lipinski definition) is 1. The molecule has 0 aliphatic rings. The highest BCUT2D eigenvalue weighted by Gasteiger charge is 2.32. The molecule has 0 saturated heterocycles. The van der Waals surface area contributed by atoms with Crippen LogP contribution in [0.15, 0.2) is 75.7 Å². The van der Waals surface area contributed by atoms with Gasteiger partial charge in [-0.15, -0.1) is 0 Å². The maximum absolute atomic E-state index is 13.7. The maximum Gasteiger partial charge on any atom is 0.261 e. The van der Waals surface area contributed by atoms with Gasteiger partial charge in [0.15, 0.2) is 6.61 Å². The first-order valence-corrected chi connectivity index (χ1v) is 13.8. The largest absolute Gasteiger partial charge is 0.484 e. The molecule has 0 aliphatic heterocycles. The average Bonchev–Trinajstić information content (AvgIpc) is 2.82. The second-order valence-electron chi connectivity index (χ2n) is 10.3. The minimum atomic E-state index is -0.718. The van der Waals surface area contributed by atoms with Crippen molar-refractivity contribution in [1.82, 2.24) is 10.2 Å². The smallest absolute Gasteiger partial charge is 0.261 e. The predicted octanol–water partition coefficient (Wildman–Crippen LogP) is 6.76. The molecule has 2 amide bonds. The van der Waals surface area contributed by atoms with Crippen LogP contribution in [0.4, 0.5) is 0 Å².